The molecule has 0 heterocycles. The Morgan fingerprint density at radius 1 is 1.06 bits per heavy atom. The first-order valence-corrected chi connectivity index (χ1v) is 7.43. The van der Waals surface area contributed by atoms with Gasteiger partial charge in [-0.1, -0.05) is 46.3 Å². The van der Waals surface area contributed by atoms with Gasteiger partial charge in [0, 0.05) is 5.69 Å². The van der Waals surface area contributed by atoms with Crippen molar-refractivity contribution in [2.24, 2.45) is 0 Å². The first-order chi connectivity index (χ1) is 7.61. The summed E-state index contributed by atoms with van der Waals surface area (Å²) in [5, 5.41) is 2.10. The molecule has 5 heteroatoms. The van der Waals surface area contributed by atoms with Gasteiger partial charge in [0.1, 0.15) is 4.66 Å². The van der Waals surface area contributed by atoms with E-state index in [0.29, 0.717) is 5.69 Å². The van der Waals surface area contributed by atoms with E-state index in [2.05, 4.69) is 20.7 Å². The molecule has 0 saturated heterocycles. The number of alkyl halides is 1. The molecule has 84 valence electrons. The van der Waals surface area contributed by atoms with E-state index in [4.69, 9.17) is 0 Å². The maximum atomic E-state index is 11.3. The van der Waals surface area contributed by atoms with Crippen molar-refractivity contribution in [1.82, 2.24) is 0 Å². The van der Waals surface area contributed by atoms with Gasteiger partial charge in [-0.2, -0.15) is 0 Å². The Hall–Kier alpha value is -1.07. The number of halogens is 1. The van der Waals surface area contributed by atoms with Crippen molar-refractivity contribution in [3.05, 3.63) is 42.5 Å². The first kappa shape index (κ1) is 11.4. The first-order valence-electron chi connectivity index (χ1n) is 4.66. The minimum Gasteiger partial charge on any atom is -0.283 e. The molecule has 0 aromatic heterocycles. The van der Waals surface area contributed by atoms with E-state index in [1.165, 1.54) is 0 Å². The fraction of sp³-hybridized carbons (Fsp3) is 0.0909. The molecule has 0 bridgehead atoms. The average Bonchev–Trinajstić information content (AvgIpc) is 2.28. The third-order valence-corrected chi connectivity index (χ3v) is 4.81. The van der Waals surface area contributed by atoms with Crippen molar-refractivity contribution in [2.75, 3.05) is 9.38 Å². The lowest BCUT2D eigenvalue weighted by molar-refractivity contribution is 0.606. The normalized spacial score (nSPS) is 11.6. The lowest BCUT2D eigenvalue weighted by Crippen LogP contribution is -2.12. The minimum absolute atomic E-state index is 0.104. The predicted octanol–water partition coefficient (Wildman–Crippen LogP) is 2.93. The summed E-state index contributed by atoms with van der Waals surface area (Å²) in [5.41, 5.74) is 0.582. The van der Waals surface area contributed by atoms with E-state index in [-0.39, 0.29) is 4.66 Å². The van der Waals surface area contributed by atoms with Crippen molar-refractivity contribution < 1.29 is 8.42 Å². The van der Waals surface area contributed by atoms with E-state index in [9.17, 15) is 8.42 Å². The molecule has 0 aliphatic carbocycles. The summed E-state index contributed by atoms with van der Waals surface area (Å²) in [6, 6.07) is 13.3. The van der Waals surface area contributed by atoms with Crippen molar-refractivity contribution >= 4 is 42.4 Å². The summed E-state index contributed by atoms with van der Waals surface area (Å²) in [4.78, 5) is 0. The highest BCUT2D eigenvalue weighted by Gasteiger charge is 2.07. The number of sulfonamides is 1. The SMILES string of the molecule is O=S(=O)(CBr)Nc1ccc2ccccc2c1. The number of anilines is 1. The van der Waals surface area contributed by atoms with Crippen molar-refractivity contribution in [2.45, 2.75) is 0 Å². The Balaban J connectivity index is 2.40. The summed E-state index contributed by atoms with van der Waals surface area (Å²) in [6.45, 7) is 0. The van der Waals surface area contributed by atoms with Crippen LogP contribution in [0.15, 0.2) is 42.5 Å². The fourth-order valence-electron chi connectivity index (χ4n) is 1.46. The Morgan fingerprint density at radius 3 is 2.44 bits per heavy atom. The van der Waals surface area contributed by atoms with Gasteiger partial charge in [0.25, 0.3) is 0 Å². The Bertz CT molecular complexity index is 610. The monoisotopic (exact) mass is 299 g/mol. The van der Waals surface area contributed by atoms with E-state index in [0.717, 1.165) is 10.8 Å². The van der Waals surface area contributed by atoms with Crippen LogP contribution in [0.2, 0.25) is 0 Å². The van der Waals surface area contributed by atoms with Gasteiger partial charge in [-0.3, -0.25) is 4.72 Å². The molecule has 0 unspecified atom stereocenters. The summed E-state index contributed by atoms with van der Waals surface area (Å²) >= 11 is 2.93. The van der Waals surface area contributed by atoms with Crippen molar-refractivity contribution in [1.29, 1.82) is 0 Å². The van der Waals surface area contributed by atoms with Crippen LogP contribution in [0, 0.1) is 0 Å². The van der Waals surface area contributed by atoms with E-state index < -0.39 is 10.0 Å². The molecule has 16 heavy (non-hydrogen) atoms. The molecule has 1 N–H and O–H groups in total. The second-order valence-electron chi connectivity index (χ2n) is 3.39. The fourth-order valence-corrected chi connectivity index (χ4v) is 2.34. The van der Waals surface area contributed by atoms with Crippen LogP contribution >= 0.6 is 15.9 Å². The molecule has 0 radical (unpaired) electrons. The molecule has 0 aliphatic rings. The van der Waals surface area contributed by atoms with Gasteiger partial charge in [0.15, 0.2) is 0 Å². The van der Waals surface area contributed by atoms with Gasteiger partial charge >= 0.3 is 0 Å². The molecule has 0 amide bonds. The van der Waals surface area contributed by atoms with E-state index >= 15 is 0 Å². The van der Waals surface area contributed by atoms with Crippen LogP contribution in [0.3, 0.4) is 0 Å². The molecule has 2 aromatic rings. The van der Waals surface area contributed by atoms with Crippen LogP contribution < -0.4 is 4.72 Å². The molecule has 0 spiro atoms. The lowest BCUT2D eigenvalue weighted by Gasteiger charge is -2.06. The second-order valence-corrected chi connectivity index (χ2v) is 6.41. The van der Waals surface area contributed by atoms with Gasteiger partial charge in [0.2, 0.25) is 10.0 Å². The van der Waals surface area contributed by atoms with Crippen LogP contribution in [0.4, 0.5) is 5.69 Å². The zero-order valence-corrected chi connectivity index (χ0v) is 10.8. The molecule has 2 aromatic carbocycles. The smallest absolute Gasteiger partial charge is 0.242 e. The standard InChI is InChI=1S/C11H10BrNO2S/c12-8-16(14,15)13-11-6-5-9-3-1-2-4-10(9)7-11/h1-7,13H,8H2. The quantitative estimate of drug-likeness (QED) is 0.886. The zero-order valence-electron chi connectivity index (χ0n) is 8.35. The number of hydrogen-bond donors (Lipinski definition) is 1. The third-order valence-electron chi connectivity index (χ3n) is 2.17. The van der Waals surface area contributed by atoms with Gasteiger partial charge < -0.3 is 0 Å². The molecule has 0 atom stereocenters. The van der Waals surface area contributed by atoms with Crippen LogP contribution in [0.25, 0.3) is 10.8 Å². The summed E-state index contributed by atoms with van der Waals surface area (Å²) in [5.74, 6) is 0. The maximum Gasteiger partial charge on any atom is 0.242 e. The number of nitrogens with one attached hydrogen (secondary N) is 1. The summed E-state index contributed by atoms with van der Waals surface area (Å²) in [7, 11) is -3.27. The molecule has 2 rings (SSSR count). The minimum atomic E-state index is -3.27. The van der Waals surface area contributed by atoms with E-state index in [1.54, 1.807) is 6.07 Å². The molecule has 0 fully saturated rings. The number of fused-ring (bicyclic) bond motifs is 1. The summed E-state index contributed by atoms with van der Waals surface area (Å²) in [6.07, 6.45) is 0. The lowest BCUT2D eigenvalue weighted by atomic mass is 10.1. The highest BCUT2D eigenvalue weighted by atomic mass is 79.9. The van der Waals surface area contributed by atoms with E-state index in [1.807, 2.05) is 36.4 Å². The van der Waals surface area contributed by atoms with Gasteiger partial charge in [0.05, 0.1) is 0 Å². The van der Waals surface area contributed by atoms with Crippen LogP contribution in [0.1, 0.15) is 0 Å². The van der Waals surface area contributed by atoms with Crippen molar-refractivity contribution in [3.63, 3.8) is 0 Å². The second kappa shape index (κ2) is 4.43. The number of benzene rings is 2. The molecule has 0 saturated carbocycles. The number of hydrogen-bond acceptors (Lipinski definition) is 2. The van der Waals surface area contributed by atoms with Crippen LogP contribution in [0.5, 0.6) is 0 Å². The number of rotatable bonds is 3. The highest BCUT2D eigenvalue weighted by Crippen LogP contribution is 2.19. The largest absolute Gasteiger partial charge is 0.283 e. The maximum absolute atomic E-state index is 11.3. The summed E-state index contributed by atoms with van der Waals surface area (Å²) < 4.78 is 25.1. The Labute approximate surface area is 103 Å². The van der Waals surface area contributed by atoms with Gasteiger partial charge in [-0.25, -0.2) is 8.42 Å². The predicted molar refractivity (Wildman–Crippen MR) is 70.3 cm³/mol. The van der Waals surface area contributed by atoms with Crippen LogP contribution in [-0.2, 0) is 10.0 Å². The van der Waals surface area contributed by atoms with Crippen LogP contribution in [-0.4, -0.2) is 13.1 Å². The van der Waals surface area contributed by atoms with Crippen molar-refractivity contribution in [3.8, 4) is 0 Å². The Kier molecular flexibility index (Phi) is 3.16. The average molecular weight is 300 g/mol. The molecule has 0 aliphatic heterocycles. The third kappa shape index (κ3) is 2.54. The molecule has 3 nitrogen and oxygen atoms in total. The highest BCUT2D eigenvalue weighted by molar-refractivity contribution is 9.10. The zero-order chi connectivity index (χ0) is 11.6. The van der Waals surface area contributed by atoms with Gasteiger partial charge in [-0.15, -0.1) is 0 Å². The van der Waals surface area contributed by atoms with Gasteiger partial charge in [-0.05, 0) is 22.9 Å². The topological polar surface area (TPSA) is 46.2 Å². The molecular formula is C11H10BrNO2S. The molecular weight excluding hydrogens is 290 g/mol. The Morgan fingerprint density at radius 2 is 1.75 bits per heavy atom.